The number of pyridine rings is 1. The highest BCUT2D eigenvalue weighted by Crippen LogP contribution is 2.42. The van der Waals surface area contributed by atoms with E-state index in [1.165, 1.54) is 5.56 Å². The van der Waals surface area contributed by atoms with Crippen LogP contribution in [0.25, 0.3) is 0 Å². The Morgan fingerprint density at radius 1 is 1.07 bits per heavy atom. The van der Waals surface area contributed by atoms with Crippen LogP contribution in [0.4, 0.5) is 11.4 Å². The number of benzene rings is 1. The maximum absolute atomic E-state index is 5.79. The van der Waals surface area contributed by atoms with E-state index >= 15 is 0 Å². The van der Waals surface area contributed by atoms with E-state index in [1.807, 2.05) is 32.4 Å². The maximum atomic E-state index is 5.79. The highest BCUT2D eigenvalue weighted by Gasteiger charge is 2.41. The van der Waals surface area contributed by atoms with Gasteiger partial charge in [-0.1, -0.05) is 6.07 Å². The first-order chi connectivity index (χ1) is 14.0. The van der Waals surface area contributed by atoms with Gasteiger partial charge in [0.2, 0.25) is 0 Å². The minimum absolute atomic E-state index is 0.0137. The van der Waals surface area contributed by atoms with Crippen molar-refractivity contribution in [1.82, 2.24) is 14.9 Å². The van der Waals surface area contributed by atoms with Crippen molar-refractivity contribution in [2.24, 2.45) is 0 Å². The Morgan fingerprint density at radius 3 is 2.41 bits per heavy atom. The second kappa shape index (κ2) is 7.87. The van der Waals surface area contributed by atoms with Gasteiger partial charge in [-0.15, -0.1) is 0 Å². The lowest BCUT2D eigenvalue weighted by Crippen LogP contribution is -2.29. The highest BCUT2D eigenvalue weighted by atomic mass is 32.1. The predicted molar refractivity (Wildman–Crippen MR) is 124 cm³/mol. The van der Waals surface area contributed by atoms with Crippen LogP contribution in [-0.2, 0) is 0 Å². The summed E-state index contributed by atoms with van der Waals surface area (Å²) in [5.74, 6) is 0. The van der Waals surface area contributed by atoms with Gasteiger partial charge in [-0.2, -0.15) is 0 Å². The molecule has 0 saturated carbocycles. The van der Waals surface area contributed by atoms with Crippen molar-refractivity contribution < 1.29 is 0 Å². The van der Waals surface area contributed by atoms with Crippen molar-refractivity contribution >= 4 is 28.7 Å². The Morgan fingerprint density at radius 2 is 1.83 bits per heavy atom. The van der Waals surface area contributed by atoms with E-state index in [0.29, 0.717) is 6.04 Å². The van der Waals surface area contributed by atoms with Crippen molar-refractivity contribution in [3.8, 4) is 0 Å². The van der Waals surface area contributed by atoms with E-state index in [-0.39, 0.29) is 12.1 Å². The number of nitrogens with one attached hydrogen (secondary N) is 1. The van der Waals surface area contributed by atoms with E-state index in [9.17, 15) is 0 Å². The maximum Gasteiger partial charge on any atom is 0.174 e. The van der Waals surface area contributed by atoms with Gasteiger partial charge >= 0.3 is 0 Å². The van der Waals surface area contributed by atoms with E-state index in [4.69, 9.17) is 12.2 Å². The molecule has 0 unspecified atom stereocenters. The molecule has 5 nitrogen and oxygen atoms in total. The Kier molecular flexibility index (Phi) is 5.28. The molecule has 0 aliphatic carbocycles. The molecule has 0 amide bonds. The molecule has 2 aromatic heterocycles. The van der Waals surface area contributed by atoms with Gasteiger partial charge in [-0.25, -0.2) is 0 Å². The van der Waals surface area contributed by atoms with E-state index in [0.717, 1.165) is 22.2 Å². The second-order valence-corrected chi connectivity index (χ2v) is 8.28. The van der Waals surface area contributed by atoms with Gasteiger partial charge in [0.1, 0.15) is 0 Å². The lowest BCUT2D eigenvalue weighted by atomic mass is 9.98. The number of nitrogens with zero attached hydrogens (tertiary/aromatic N) is 4. The van der Waals surface area contributed by atoms with Crippen LogP contribution in [0.15, 0.2) is 67.1 Å². The number of hydrogen-bond acceptors (Lipinski definition) is 3. The Labute approximate surface area is 178 Å². The Balaban J connectivity index is 1.78. The van der Waals surface area contributed by atoms with Crippen LogP contribution < -0.4 is 15.1 Å². The van der Waals surface area contributed by atoms with Gasteiger partial charge in [-0.3, -0.25) is 4.98 Å². The second-order valence-electron chi connectivity index (χ2n) is 7.89. The number of anilines is 2. The molecule has 1 N–H and O–H groups in total. The van der Waals surface area contributed by atoms with E-state index in [1.54, 1.807) is 0 Å². The molecule has 1 saturated heterocycles. The number of hydrogen-bond donors (Lipinski definition) is 1. The molecule has 0 spiro atoms. The molecule has 4 rings (SSSR count). The van der Waals surface area contributed by atoms with Gasteiger partial charge in [-0.05, 0) is 74.1 Å². The topological polar surface area (TPSA) is 36.3 Å². The van der Waals surface area contributed by atoms with Crippen LogP contribution in [0.5, 0.6) is 0 Å². The van der Waals surface area contributed by atoms with Crippen LogP contribution in [0.2, 0.25) is 0 Å². The van der Waals surface area contributed by atoms with Gasteiger partial charge in [0.05, 0.1) is 17.8 Å². The molecule has 2 atom stereocenters. The normalized spacial score (nSPS) is 18.9. The molecular weight excluding hydrogens is 378 g/mol. The fraction of sp³-hybridized carbons (Fsp3) is 0.304. The first kappa shape index (κ1) is 19.5. The Bertz CT molecular complexity index is 978. The molecule has 3 aromatic rings. The molecule has 3 heterocycles. The van der Waals surface area contributed by atoms with Gasteiger partial charge in [0.25, 0.3) is 0 Å². The summed E-state index contributed by atoms with van der Waals surface area (Å²) in [7, 11) is 4.09. The molecule has 6 heteroatoms. The van der Waals surface area contributed by atoms with Crippen LogP contribution in [0, 0.1) is 0 Å². The number of thiocarbonyl (C=S) groups is 1. The standard InChI is InChI=1S/C23H27N5S/c1-16(2)27-14-12-17(15-27)22-21(20-7-5-6-13-24-20)25-23(29)28(22)19-10-8-18(9-11-19)26(3)4/h5-16,21-22H,1-4H3,(H,25,29)/t21-,22-/m1/s1. The number of aromatic nitrogens is 2. The Hall–Kier alpha value is -2.86. The third kappa shape index (κ3) is 3.72. The smallest absolute Gasteiger partial charge is 0.174 e. The van der Waals surface area contributed by atoms with Crippen LogP contribution in [-0.4, -0.2) is 28.8 Å². The predicted octanol–water partition coefficient (Wildman–Crippen LogP) is 4.71. The molecule has 0 bridgehead atoms. The zero-order valence-corrected chi connectivity index (χ0v) is 18.1. The highest BCUT2D eigenvalue weighted by molar-refractivity contribution is 7.80. The van der Waals surface area contributed by atoms with Crippen LogP contribution in [0.1, 0.15) is 43.2 Å². The monoisotopic (exact) mass is 405 g/mol. The third-order valence-corrected chi connectivity index (χ3v) is 5.73. The summed E-state index contributed by atoms with van der Waals surface area (Å²) >= 11 is 5.79. The summed E-state index contributed by atoms with van der Waals surface area (Å²) in [6.07, 6.45) is 6.21. The average molecular weight is 406 g/mol. The molecule has 1 aliphatic rings. The lowest BCUT2D eigenvalue weighted by molar-refractivity contribution is 0.560. The van der Waals surface area contributed by atoms with Gasteiger partial charge in [0.15, 0.2) is 5.11 Å². The SMILES string of the molecule is CC(C)n1ccc([C@@H]2[C@@H](c3ccccn3)NC(=S)N2c2ccc(N(C)C)cc2)c1. The van der Waals surface area contributed by atoms with Crippen molar-refractivity contribution in [2.75, 3.05) is 23.9 Å². The summed E-state index contributed by atoms with van der Waals surface area (Å²) in [5, 5.41) is 4.24. The summed E-state index contributed by atoms with van der Waals surface area (Å²) in [6.45, 7) is 4.38. The van der Waals surface area contributed by atoms with Crippen molar-refractivity contribution in [3.05, 3.63) is 78.4 Å². The number of rotatable bonds is 5. The minimum Gasteiger partial charge on any atom is -0.378 e. The van der Waals surface area contributed by atoms with Crippen molar-refractivity contribution in [3.63, 3.8) is 0 Å². The molecule has 29 heavy (non-hydrogen) atoms. The zero-order valence-electron chi connectivity index (χ0n) is 17.3. The third-order valence-electron chi connectivity index (χ3n) is 5.42. The molecule has 1 fully saturated rings. The molecule has 1 aromatic carbocycles. The zero-order chi connectivity index (χ0) is 20.5. The first-order valence-electron chi connectivity index (χ1n) is 9.91. The molecule has 0 radical (unpaired) electrons. The fourth-order valence-corrected chi connectivity index (χ4v) is 4.16. The summed E-state index contributed by atoms with van der Waals surface area (Å²) in [6, 6.07) is 17.2. The van der Waals surface area contributed by atoms with Crippen LogP contribution in [0.3, 0.4) is 0 Å². The molecule has 1 aliphatic heterocycles. The average Bonchev–Trinajstić information content (AvgIpc) is 3.33. The van der Waals surface area contributed by atoms with Crippen LogP contribution >= 0.6 is 12.2 Å². The van der Waals surface area contributed by atoms with Gasteiger partial charge in [0, 0.05) is 50.1 Å². The molecule has 150 valence electrons. The van der Waals surface area contributed by atoms with Gasteiger partial charge < -0.3 is 19.7 Å². The lowest BCUT2D eigenvalue weighted by Gasteiger charge is -2.27. The van der Waals surface area contributed by atoms with E-state index in [2.05, 4.69) is 87.3 Å². The van der Waals surface area contributed by atoms with Crippen molar-refractivity contribution in [2.45, 2.75) is 32.0 Å². The van der Waals surface area contributed by atoms with E-state index < -0.39 is 0 Å². The minimum atomic E-state index is -0.0137. The molecular formula is C23H27N5S. The first-order valence-corrected chi connectivity index (χ1v) is 10.3. The summed E-state index contributed by atoms with van der Waals surface area (Å²) in [4.78, 5) is 8.93. The quantitative estimate of drug-likeness (QED) is 0.622. The largest absolute Gasteiger partial charge is 0.378 e. The summed E-state index contributed by atoms with van der Waals surface area (Å²) < 4.78 is 2.24. The summed E-state index contributed by atoms with van der Waals surface area (Å²) in [5.41, 5.74) is 4.45. The van der Waals surface area contributed by atoms with Crippen molar-refractivity contribution in [1.29, 1.82) is 0 Å². The fourth-order valence-electron chi connectivity index (χ4n) is 3.81.